The van der Waals surface area contributed by atoms with Crippen molar-refractivity contribution in [3.05, 3.63) is 53.1 Å². The average Bonchev–Trinajstić information content (AvgIpc) is 3.14. The number of amides is 2. The van der Waals surface area contributed by atoms with Gasteiger partial charge in [-0.15, -0.1) is 0 Å². The van der Waals surface area contributed by atoms with Crippen LogP contribution in [-0.2, 0) is 14.3 Å². The van der Waals surface area contributed by atoms with Gasteiger partial charge in [0.15, 0.2) is 6.10 Å². The molecule has 0 bridgehead atoms. The minimum atomic E-state index is -1.04. The molecule has 29 heavy (non-hydrogen) atoms. The van der Waals surface area contributed by atoms with Gasteiger partial charge in [0, 0.05) is 23.7 Å². The predicted molar refractivity (Wildman–Crippen MR) is 110 cm³/mol. The molecule has 2 aromatic carbocycles. The molecule has 0 saturated carbocycles. The molecule has 1 unspecified atom stereocenters. The second kappa shape index (κ2) is 8.96. The normalized spacial score (nSPS) is 14.4. The summed E-state index contributed by atoms with van der Waals surface area (Å²) in [6.07, 6.45) is 0.326. The van der Waals surface area contributed by atoms with Crippen LogP contribution in [0.2, 0.25) is 5.02 Å². The molecule has 0 spiro atoms. The quantitative estimate of drug-likeness (QED) is 0.726. The third-order valence-corrected chi connectivity index (χ3v) is 4.80. The molecule has 0 radical (unpaired) electrons. The number of halogens is 1. The second-order valence-electron chi connectivity index (χ2n) is 6.58. The highest BCUT2D eigenvalue weighted by Gasteiger charge is 2.23. The van der Waals surface area contributed by atoms with E-state index in [1.54, 1.807) is 47.4 Å². The molecule has 0 aromatic heterocycles. The van der Waals surface area contributed by atoms with Crippen molar-refractivity contribution in [1.29, 1.82) is 0 Å². The standard InChI is InChI=1S/C21H21ClN2O5/c1-13(20(26)23-17-12-15(22)7-10-18(17)28-2)29-21(27)14-5-8-16(9-6-14)24-11-3-4-19(24)25/h5-10,12-13H,3-4,11H2,1-2H3,(H,23,26). The SMILES string of the molecule is COc1ccc(Cl)cc1NC(=O)C(C)OC(=O)c1ccc(N2CCCC2=O)cc1. The van der Waals surface area contributed by atoms with E-state index in [-0.39, 0.29) is 5.91 Å². The van der Waals surface area contributed by atoms with Crippen molar-refractivity contribution in [2.75, 3.05) is 23.9 Å². The summed E-state index contributed by atoms with van der Waals surface area (Å²) >= 11 is 5.95. The zero-order chi connectivity index (χ0) is 21.0. The van der Waals surface area contributed by atoms with E-state index in [9.17, 15) is 14.4 Å². The molecule has 3 rings (SSSR count). The number of hydrogen-bond acceptors (Lipinski definition) is 5. The average molecular weight is 417 g/mol. The van der Waals surface area contributed by atoms with Gasteiger partial charge in [-0.1, -0.05) is 11.6 Å². The molecule has 7 nitrogen and oxygen atoms in total. The van der Waals surface area contributed by atoms with Crippen LogP contribution in [0.4, 0.5) is 11.4 Å². The van der Waals surface area contributed by atoms with Gasteiger partial charge in [0.1, 0.15) is 5.75 Å². The molecular weight excluding hydrogens is 396 g/mol. The van der Waals surface area contributed by atoms with Gasteiger partial charge >= 0.3 is 5.97 Å². The van der Waals surface area contributed by atoms with Crippen LogP contribution >= 0.6 is 11.6 Å². The first-order valence-corrected chi connectivity index (χ1v) is 9.52. The number of anilines is 2. The van der Waals surface area contributed by atoms with Crippen molar-refractivity contribution in [1.82, 2.24) is 0 Å². The molecule has 1 N–H and O–H groups in total. The molecule has 1 atom stereocenters. The Balaban J connectivity index is 1.62. The Labute approximate surface area is 173 Å². The fraction of sp³-hybridized carbons (Fsp3) is 0.286. The molecule has 1 fully saturated rings. The smallest absolute Gasteiger partial charge is 0.338 e. The van der Waals surface area contributed by atoms with Gasteiger partial charge in [-0.2, -0.15) is 0 Å². The van der Waals surface area contributed by atoms with E-state index in [0.717, 1.165) is 12.1 Å². The lowest BCUT2D eigenvalue weighted by atomic mass is 10.2. The van der Waals surface area contributed by atoms with Crippen LogP contribution in [0.15, 0.2) is 42.5 Å². The van der Waals surface area contributed by atoms with Crippen molar-refractivity contribution in [2.24, 2.45) is 0 Å². The van der Waals surface area contributed by atoms with Crippen LogP contribution in [0.5, 0.6) is 5.75 Å². The van der Waals surface area contributed by atoms with E-state index in [0.29, 0.717) is 35.0 Å². The summed E-state index contributed by atoms with van der Waals surface area (Å²) < 4.78 is 10.4. The van der Waals surface area contributed by atoms with Crippen molar-refractivity contribution >= 4 is 40.8 Å². The first-order chi connectivity index (χ1) is 13.9. The van der Waals surface area contributed by atoms with E-state index < -0.39 is 18.0 Å². The summed E-state index contributed by atoms with van der Waals surface area (Å²) in [5.74, 6) is -0.640. The highest BCUT2D eigenvalue weighted by Crippen LogP contribution is 2.28. The third-order valence-electron chi connectivity index (χ3n) is 4.56. The van der Waals surface area contributed by atoms with Crippen LogP contribution in [0.25, 0.3) is 0 Å². The summed E-state index contributed by atoms with van der Waals surface area (Å²) in [4.78, 5) is 38.2. The largest absolute Gasteiger partial charge is 0.495 e. The number of rotatable bonds is 6. The van der Waals surface area contributed by atoms with Crippen LogP contribution < -0.4 is 15.0 Å². The molecule has 152 valence electrons. The van der Waals surface area contributed by atoms with E-state index in [2.05, 4.69) is 5.32 Å². The number of nitrogens with one attached hydrogen (secondary N) is 1. The van der Waals surface area contributed by atoms with Crippen molar-refractivity contribution in [3.63, 3.8) is 0 Å². The molecule has 1 aliphatic heterocycles. The van der Waals surface area contributed by atoms with Crippen molar-refractivity contribution < 1.29 is 23.9 Å². The maximum absolute atomic E-state index is 12.4. The molecule has 0 aliphatic carbocycles. The van der Waals surface area contributed by atoms with Crippen LogP contribution in [0, 0.1) is 0 Å². The zero-order valence-electron chi connectivity index (χ0n) is 16.1. The molecule has 1 heterocycles. The monoisotopic (exact) mass is 416 g/mol. The first-order valence-electron chi connectivity index (χ1n) is 9.15. The van der Waals surface area contributed by atoms with Gasteiger partial charge in [0.25, 0.3) is 5.91 Å². The molecule has 2 amide bonds. The number of carbonyl (C=O) groups is 3. The van der Waals surface area contributed by atoms with Gasteiger partial charge in [-0.3, -0.25) is 9.59 Å². The lowest BCUT2D eigenvalue weighted by Crippen LogP contribution is -2.30. The minimum absolute atomic E-state index is 0.0714. The Morgan fingerprint density at radius 3 is 2.52 bits per heavy atom. The Morgan fingerprint density at radius 2 is 1.90 bits per heavy atom. The van der Waals surface area contributed by atoms with Crippen molar-refractivity contribution in [3.8, 4) is 5.75 Å². The van der Waals surface area contributed by atoms with Crippen LogP contribution in [-0.4, -0.2) is 37.5 Å². The lowest BCUT2D eigenvalue weighted by molar-refractivity contribution is -0.123. The summed E-state index contributed by atoms with van der Waals surface area (Å²) in [5, 5.41) is 3.07. The molecule has 2 aromatic rings. The Bertz CT molecular complexity index is 929. The number of nitrogens with zero attached hydrogens (tertiary/aromatic N) is 1. The summed E-state index contributed by atoms with van der Waals surface area (Å²) in [5.41, 5.74) is 1.41. The van der Waals surface area contributed by atoms with Crippen LogP contribution in [0.1, 0.15) is 30.1 Å². The maximum Gasteiger partial charge on any atom is 0.338 e. The predicted octanol–water partition coefficient (Wildman–Crippen LogP) is 3.66. The van der Waals surface area contributed by atoms with Crippen LogP contribution in [0.3, 0.4) is 0 Å². The molecule has 1 aliphatic rings. The first kappa shape index (κ1) is 20.7. The maximum atomic E-state index is 12.4. The van der Waals surface area contributed by atoms with E-state index >= 15 is 0 Å². The van der Waals surface area contributed by atoms with E-state index in [1.807, 2.05) is 0 Å². The topological polar surface area (TPSA) is 84.9 Å². The highest BCUT2D eigenvalue weighted by atomic mass is 35.5. The summed E-state index contributed by atoms with van der Waals surface area (Å²) in [7, 11) is 1.47. The minimum Gasteiger partial charge on any atom is -0.495 e. The number of methoxy groups -OCH3 is 1. The third kappa shape index (κ3) is 4.86. The fourth-order valence-electron chi connectivity index (χ4n) is 2.99. The van der Waals surface area contributed by atoms with Gasteiger partial charge in [0.2, 0.25) is 5.91 Å². The number of benzene rings is 2. The summed E-state index contributed by atoms with van der Waals surface area (Å²) in [6, 6.07) is 11.4. The van der Waals surface area contributed by atoms with Gasteiger partial charge < -0.3 is 19.7 Å². The number of ether oxygens (including phenoxy) is 2. The van der Waals surface area contributed by atoms with Gasteiger partial charge in [-0.25, -0.2) is 4.79 Å². The molecular formula is C21H21ClN2O5. The highest BCUT2D eigenvalue weighted by molar-refractivity contribution is 6.31. The Morgan fingerprint density at radius 1 is 1.17 bits per heavy atom. The molecule has 1 saturated heterocycles. The Kier molecular flexibility index (Phi) is 6.39. The summed E-state index contributed by atoms with van der Waals surface area (Å²) in [6.45, 7) is 2.15. The Hall–Kier alpha value is -3.06. The van der Waals surface area contributed by atoms with Gasteiger partial charge in [0.05, 0.1) is 18.4 Å². The van der Waals surface area contributed by atoms with E-state index in [1.165, 1.54) is 14.0 Å². The lowest BCUT2D eigenvalue weighted by Gasteiger charge is -2.17. The van der Waals surface area contributed by atoms with Gasteiger partial charge in [-0.05, 0) is 55.8 Å². The zero-order valence-corrected chi connectivity index (χ0v) is 16.9. The number of esters is 1. The second-order valence-corrected chi connectivity index (χ2v) is 7.01. The van der Waals surface area contributed by atoms with E-state index in [4.69, 9.17) is 21.1 Å². The van der Waals surface area contributed by atoms with Crippen molar-refractivity contribution in [2.45, 2.75) is 25.9 Å². The number of carbonyl (C=O) groups excluding carboxylic acids is 3. The molecule has 8 heteroatoms. The fourth-order valence-corrected chi connectivity index (χ4v) is 3.17. The number of hydrogen-bond donors (Lipinski definition) is 1.